The van der Waals surface area contributed by atoms with E-state index in [0.717, 1.165) is 45.8 Å². The molecule has 1 saturated heterocycles. The maximum absolute atomic E-state index is 11.4. The van der Waals surface area contributed by atoms with E-state index in [1.165, 1.54) is 0 Å². The lowest BCUT2D eigenvalue weighted by atomic mass is 10.1. The van der Waals surface area contributed by atoms with Gasteiger partial charge in [-0.15, -0.1) is 24.8 Å². The molecule has 7 heteroatoms. The van der Waals surface area contributed by atoms with E-state index in [2.05, 4.69) is 17.1 Å². The maximum atomic E-state index is 11.4. The molecule has 0 aromatic carbocycles. The Hall–Kier alpha value is -0.0700. The van der Waals surface area contributed by atoms with Crippen LogP contribution in [-0.2, 0) is 9.53 Å². The lowest BCUT2D eigenvalue weighted by Crippen LogP contribution is -2.41. The lowest BCUT2D eigenvalue weighted by molar-refractivity contribution is -0.121. The highest BCUT2D eigenvalue weighted by Gasteiger charge is 2.14. The van der Waals surface area contributed by atoms with Crippen molar-refractivity contribution >= 4 is 30.7 Å². The molecule has 0 spiro atoms. The summed E-state index contributed by atoms with van der Waals surface area (Å²) in [5.41, 5.74) is 5.36. The van der Waals surface area contributed by atoms with Gasteiger partial charge in [-0.25, -0.2) is 0 Å². The first kappa shape index (κ1) is 21.2. The van der Waals surface area contributed by atoms with Crippen LogP contribution in [0.25, 0.3) is 0 Å². The Bertz CT molecular complexity index is 227. The average Bonchev–Trinajstić information content (AvgIpc) is 2.35. The van der Waals surface area contributed by atoms with Crippen LogP contribution in [0.3, 0.4) is 0 Å². The summed E-state index contributed by atoms with van der Waals surface area (Å²) >= 11 is 0. The monoisotopic (exact) mass is 315 g/mol. The fraction of sp³-hybridized carbons (Fsp3) is 0.917. The number of morpholine rings is 1. The molecule has 1 atom stereocenters. The van der Waals surface area contributed by atoms with Crippen LogP contribution in [0.5, 0.6) is 0 Å². The Labute approximate surface area is 128 Å². The molecule has 0 saturated carbocycles. The van der Waals surface area contributed by atoms with Crippen LogP contribution in [0.15, 0.2) is 0 Å². The van der Waals surface area contributed by atoms with E-state index < -0.39 is 0 Å². The van der Waals surface area contributed by atoms with Gasteiger partial charge in [-0.3, -0.25) is 9.69 Å². The second-order valence-corrected chi connectivity index (χ2v) is 4.71. The van der Waals surface area contributed by atoms with Crippen molar-refractivity contribution in [3.63, 3.8) is 0 Å². The highest BCUT2D eigenvalue weighted by atomic mass is 35.5. The first-order chi connectivity index (χ1) is 8.22. The summed E-state index contributed by atoms with van der Waals surface area (Å²) in [5.74, 6) is 0.596. The molecule has 5 nitrogen and oxygen atoms in total. The van der Waals surface area contributed by atoms with Crippen molar-refractivity contribution in [2.24, 2.45) is 11.7 Å². The van der Waals surface area contributed by atoms with Gasteiger partial charge in [-0.2, -0.15) is 0 Å². The van der Waals surface area contributed by atoms with E-state index in [-0.39, 0.29) is 30.7 Å². The molecule has 1 aliphatic rings. The summed E-state index contributed by atoms with van der Waals surface area (Å²) in [5, 5.41) is 2.95. The number of amides is 1. The molecular weight excluding hydrogens is 289 g/mol. The lowest BCUT2D eigenvalue weighted by Gasteiger charge is -2.29. The van der Waals surface area contributed by atoms with Crippen molar-refractivity contribution in [1.29, 1.82) is 0 Å². The van der Waals surface area contributed by atoms with Crippen LogP contribution < -0.4 is 11.1 Å². The number of nitrogens with one attached hydrogen (secondary N) is 1. The van der Waals surface area contributed by atoms with Gasteiger partial charge in [0.1, 0.15) is 0 Å². The Morgan fingerprint density at radius 1 is 1.37 bits per heavy atom. The minimum atomic E-state index is 0. The zero-order chi connectivity index (χ0) is 12.5. The average molecular weight is 316 g/mol. The summed E-state index contributed by atoms with van der Waals surface area (Å²) in [7, 11) is 0. The van der Waals surface area contributed by atoms with Crippen molar-refractivity contribution in [2.45, 2.75) is 19.8 Å². The van der Waals surface area contributed by atoms with Gasteiger partial charge in [0.05, 0.1) is 13.2 Å². The highest BCUT2D eigenvalue weighted by molar-refractivity contribution is 5.85. The van der Waals surface area contributed by atoms with Crippen LogP contribution in [0, 0.1) is 5.92 Å². The van der Waals surface area contributed by atoms with Gasteiger partial charge in [0.2, 0.25) is 5.91 Å². The van der Waals surface area contributed by atoms with Crippen LogP contribution in [-0.4, -0.2) is 56.7 Å². The van der Waals surface area contributed by atoms with Crippen molar-refractivity contribution in [1.82, 2.24) is 10.2 Å². The summed E-state index contributed by atoms with van der Waals surface area (Å²) in [6, 6.07) is 0. The zero-order valence-electron chi connectivity index (χ0n) is 11.6. The highest BCUT2D eigenvalue weighted by Crippen LogP contribution is 2.02. The van der Waals surface area contributed by atoms with Crippen LogP contribution in [0.2, 0.25) is 0 Å². The Morgan fingerprint density at radius 3 is 2.58 bits per heavy atom. The van der Waals surface area contributed by atoms with Gasteiger partial charge in [-0.1, -0.05) is 6.92 Å². The Morgan fingerprint density at radius 2 is 2.00 bits per heavy atom. The normalized spacial score (nSPS) is 16.9. The number of ether oxygens (including phenoxy) is 1. The Kier molecular flexibility index (Phi) is 14.5. The fourth-order valence-electron chi connectivity index (χ4n) is 1.93. The van der Waals surface area contributed by atoms with Crippen LogP contribution in [0.1, 0.15) is 19.8 Å². The number of halogens is 2. The van der Waals surface area contributed by atoms with E-state index in [1.54, 1.807) is 0 Å². The molecule has 0 aromatic rings. The topological polar surface area (TPSA) is 67.6 Å². The third-order valence-electron chi connectivity index (χ3n) is 2.93. The molecule has 0 bridgehead atoms. The molecule has 0 aliphatic carbocycles. The number of nitrogens with zero attached hydrogens (tertiary/aromatic N) is 1. The van der Waals surface area contributed by atoms with Gasteiger partial charge in [0.15, 0.2) is 0 Å². The second-order valence-electron chi connectivity index (χ2n) is 4.71. The van der Waals surface area contributed by atoms with Gasteiger partial charge in [-0.05, 0) is 18.9 Å². The number of carbonyl (C=O) groups excluding carboxylic acids is 1. The molecule has 1 heterocycles. The SMILES string of the molecule is CC(CNC(=O)CCCN)CN1CCOCC1.Cl.Cl. The van der Waals surface area contributed by atoms with E-state index in [4.69, 9.17) is 10.5 Å². The standard InChI is InChI=1S/C12H25N3O2.2ClH/c1-11(9-14-12(16)3-2-4-13)10-15-5-7-17-8-6-15;;/h11H,2-10,13H2,1H3,(H,14,16);2*1H. The number of carbonyl (C=O) groups is 1. The number of hydrogen-bond acceptors (Lipinski definition) is 4. The van der Waals surface area contributed by atoms with Crippen LogP contribution in [0.4, 0.5) is 0 Å². The fourth-order valence-corrected chi connectivity index (χ4v) is 1.93. The molecule has 19 heavy (non-hydrogen) atoms. The molecule has 0 aromatic heterocycles. The summed E-state index contributed by atoms with van der Waals surface area (Å²) in [4.78, 5) is 13.8. The van der Waals surface area contributed by atoms with Crippen molar-refractivity contribution in [2.75, 3.05) is 45.9 Å². The molecular formula is C12H27Cl2N3O2. The molecule has 1 amide bonds. The minimum Gasteiger partial charge on any atom is -0.379 e. The molecule has 1 rings (SSSR count). The largest absolute Gasteiger partial charge is 0.379 e. The van der Waals surface area contributed by atoms with E-state index >= 15 is 0 Å². The molecule has 1 fully saturated rings. The third kappa shape index (κ3) is 10.4. The molecule has 0 radical (unpaired) electrons. The quantitative estimate of drug-likeness (QED) is 0.724. The summed E-state index contributed by atoms with van der Waals surface area (Å²) in [6.45, 7) is 8.19. The summed E-state index contributed by atoms with van der Waals surface area (Å²) < 4.78 is 5.30. The molecule has 116 valence electrons. The maximum Gasteiger partial charge on any atom is 0.220 e. The van der Waals surface area contributed by atoms with E-state index in [1.807, 2.05) is 0 Å². The summed E-state index contributed by atoms with van der Waals surface area (Å²) in [6.07, 6.45) is 1.31. The zero-order valence-corrected chi connectivity index (χ0v) is 13.2. The predicted molar refractivity (Wildman–Crippen MR) is 82.2 cm³/mol. The molecule has 3 N–H and O–H groups in total. The van der Waals surface area contributed by atoms with Crippen molar-refractivity contribution in [3.05, 3.63) is 0 Å². The van der Waals surface area contributed by atoms with Gasteiger partial charge < -0.3 is 15.8 Å². The smallest absolute Gasteiger partial charge is 0.220 e. The molecule has 1 unspecified atom stereocenters. The minimum absolute atomic E-state index is 0. The molecule has 1 aliphatic heterocycles. The number of nitrogens with two attached hydrogens (primary N) is 1. The van der Waals surface area contributed by atoms with Gasteiger partial charge in [0, 0.05) is 32.6 Å². The first-order valence-electron chi connectivity index (χ1n) is 6.49. The number of rotatable bonds is 7. The van der Waals surface area contributed by atoms with Crippen LogP contribution >= 0.6 is 24.8 Å². The van der Waals surface area contributed by atoms with Gasteiger partial charge in [0.25, 0.3) is 0 Å². The Balaban J connectivity index is 0. The van der Waals surface area contributed by atoms with E-state index in [9.17, 15) is 4.79 Å². The first-order valence-corrected chi connectivity index (χ1v) is 6.49. The number of hydrogen-bond donors (Lipinski definition) is 2. The second kappa shape index (κ2) is 12.9. The van der Waals surface area contributed by atoms with Crippen molar-refractivity contribution in [3.8, 4) is 0 Å². The van der Waals surface area contributed by atoms with Gasteiger partial charge >= 0.3 is 0 Å². The van der Waals surface area contributed by atoms with Crippen molar-refractivity contribution < 1.29 is 9.53 Å². The van der Waals surface area contributed by atoms with E-state index in [0.29, 0.717) is 18.9 Å². The predicted octanol–water partition coefficient (Wildman–Crippen LogP) is 0.653. The third-order valence-corrected chi connectivity index (χ3v) is 2.93.